The van der Waals surface area contributed by atoms with Crippen LogP contribution in [0.4, 0.5) is 0 Å². The lowest BCUT2D eigenvalue weighted by atomic mass is 9.89. The predicted molar refractivity (Wildman–Crippen MR) is 102 cm³/mol. The number of carbonyl (C=O) groups is 1. The van der Waals surface area contributed by atoms with E-state index in [1.165, 1.54) is 6.42 Å². The van der Waals surface area contributed by atoms with Gasteiger partial charge in [0, 0.05) is 11.1 Å². The molecule has 5 heteroatoms. The highest BCUT2D eigenvalue weighted by molar-refractivity contribution is 6.07. The number of furan rings is 1. The van der Waals surface area contributed by atoms with Crippen molar-refractivity contribution in [1.29, 1.82) is 0 Å². The first-order chi connectivity index (χ1) is 12.7. The van der Waals surface area contributed by atoms with Gasteiger partial charge in [0.2, 0.25) is 0 Å². The first kappa shape index (κ1) is 16.5. The Kier molecular flexibility index (Phi) is 4.52. The minimum Gasteiger partial charge on any atom is -0.463 e. The van der Waals surface area contributed by atoms with Crippen molar-refractivity contribution in [3.63, 3.8) is 0 Å². The van der Waals surface area contributed by atoms with E-state index in [9.17, 15) is 4.79 Å². The van der Waals surface area contributed by atoms with Crippen LogP contribution in [0.3, 0.4) is 0 Å². The average molecular weight is 347 g/mol. The summed E-state index contributed by atoms with van der Waals surface area (Å²) in [4.78, 5) is 17.5. The molecule has 132 valence electrons. The topological polar surface area (TPSA) is 67.5 Å². The van der Waals surface area contributed by atoms with Crippen molar-refractivity contribution in [1.82, 2.24) is 10.4 Å². The van der Waals surface area contributed by atoms with Crippen molar-refractivity contribution in [2.45, 2.75) is 32.6 Å². The molecule has 0 bridgehead atoms. The van der Waals surface area contributed by atoms with Crippen molar-refractivity contribution in [3.8, 4) is 11.5 Å². The lowest BCUT2D eigenvalue weighted by Gasteiger charge is -2.19. The number of carbonyl (C=O) groups excluding carboxylic acids is 1. The van der Waals surface area contributed by atoms with Gasteiger partial charge in [-0.05, 0) is 49.4 Å². The minimum atomic E-state index is -0.221. The fourth-order valence-corrected chi connectivity index (χ4v) is 3.43. The van der Waals surface area contributed by atoms with Gasteiger partial charge in [-0.3, -0.25) is 4.79 Å². The van der Waals surface area contributed by atoms with Crippen molar-refractivity contribution >= 4 is 22.5 Å². The van der Waals surface area contributed by atoms with Crippen LogP contribution in [-0.4, -0.2) is 16.6 Å². The predicted octanol–water partition coefficient (Wildman–Crippen LogP) is 4.79. The third kappa shape index (κ3) is 3.25. The van der Waals surface area contributed by atoms with E-state index >= 15 is 0 Å². The molecular formula is C21H21N3O2. The molecule has 1 atom stereocenters. The lowest BCUT2D eigenvalue weighted by molar-refractivity contribution is 0.0956. The van der Waals surface area contributed by atoms with Gasteiger partial charge in [0.25, 0.3) is 5.91 Å². The number of amides is 1. The van der Waals surface area contributed by atoms with Crippen molar-refractivity contribution < 1.29 is 9.21 Å². The van der Waals surface area contributed by atoms with Crippen LogP contribution in [0.5, 0.6) is 0 Å². The second-order valence-corrected chi connectivity index (χ2v) is 6.74. The number of hydrogen-bond donors (Lipinski definition) is 1. The molecule has 1 amide bonds. The van der Waals surface area contributed by atoms with Gasteiger partial charge in [-0.1, -0.05) is 31.5 Å². The molecule has 1 aromatic carbocycles. The van der Waals surface area contributed by atoms with Gasteiger partial charge < -0.3 is 4.42 Å². The van der Waals surface area contributed by atoms with Crippen LogP contribution in [0.25, 0.3) is 22.4 Å². The molecule has 1 fully saturated rings. The number of para-hydroxylation sites is 1. The van der Waals surface area contributed by atoms with Crippen LogP contribution >= 0.6 is 0 Å². The normalized spacial score (nSPS) is 19.0. The number of hydrogen-bond acceptors (Lipinski definition) is 4. The second-order valence-electron chi connectivity index (χ2n) is 6.74. The maximum atomic E-state index is 12.9. The van der Waals surface area contributed by atoms with E-state index in [1.54, 1.807) is 12.3 Å². The molecule has 0 unspecified atom stereocenters. The van der Waals surface area contributed by atoms with Crippen molar-refractivity contribution in [2.75, 3.05) is 0 Å². The molecule has 5 nitrogen and oxygen atoms in total. The highest BCUT2D eigenvalue weighted by Gasteiger charge is 2.18. The smallest absolute Gasteiger partial charge is 0.272 e. The van der Waals surface area contributed by atoms with Crippen LogP contribution < -0.4 is 5.43 Å². The SMILES string of the molecule is C[C@H]1CCCCC1=NNC(=O)c1cc(-c2ccco2)nc2ccccc12. The molecule has 3 aromatic rings. The van der Waals surface area contributed by atoms with Gasteiger partial charge >= 0.3 is 0 Å². The van der Waals surface area contributed by atoms with E-state index in [2.05, 4.69) is 22.4 Å². The largest absolute Gasteiger partial charge is 0.463 e. The number of rotatable bonds is 3. The molecule has 1 aliphatic carbocycles. The molecule has 26 heavy (non-hydrogen) atoms. The summed E-state index contributed by atoms with van der Waals surface area (Å²) in [6.07, 6.45) is 6.06. The number of nitrogens with one attached hydrogen (secondary N) is 1. The van der Waals surface area contributed by atoms with E-state index in [1.807, 2.05) is 36.4 Å². The molecule has 1 aliphatic rings. The standard InChI is InChI=1S/C21H21N3O2/c1-14-7-2-4-9-17(14)23-24-21(25)16-13-19(20-11-6-12-26-20)22-18-10-5-3-8-15(16)18/h3,5-6,8,10-14H,2,4,7,9H2,1H3,(H,24,25)/t14-/m0/s1. The van der Waals surface area contributed by atoms with Gasteiger partial charge in [-0.15, -0.1) is 0 Å². The van der Waals surface area contributed by atoms with E-state index in [-0.39, 0.29) is 5.91 Å². The molecule has 1 N–H and O–H groups in total. The van der Waals surface area contributed by atoms with Crippen LogP contribution in [0.15, 0.2) is 58.2 Å². The lowest BCUT2D eigenvalue weighted by Crippen LogP contribution is -2.24. The fourth-order valence-electron chi connectivity index (χ4n) is 3.43. The zero-order chi connectivity index (χ0) is 17.9. The molecule has 4 rings (SSSR count). The monoisotopic (exact) mass is 347 g/mol. The maximum Gasteiger partial charge on any atom is 0.272 e. The summed E-state index contributed by atoms with van der Waals surface area (Å²) in [6, 6.07) is 13.0. The molecule has 2 aromatic heterocycles. The van der Waals surface area contributed by atoms with E-state index in [0.29, 0.717) is 22.9 Å². The van der Waals surface area contributed by atoms with Gasteiger partial charge in [-0.2, -0.15) is 5.10 Å². The Morgan fingerprint density at radius 3 is 2.92 bits per heavy atom. The maximum absolute atomic E-state index is 12.9. The van der Waals surface area contributed by atoms with Crippen LogP contribution in [-0.2, 0) is 0 Å². The second kappa shape index (κ2) is 7.12. The van der Waals surface area contributed by atoms with Crippen LogP contribution in [0.2, 0.25) is 0 Å². The summed E-state index contributed by atoms with van der Waals surface area (Å²) in [5, 5.41) is 5.22. The zero-order valence-corrected chi connectivity index (χ0v) is 14.7. The summed E-state index contributed by atoms with van der Waals surface area (Å²) in [5.41, 5.74) is 5.77. The Balaban J connectivity index is 1.70. The fraction of sp³-hybridized carbons (Fsp3) is 0.286. The minimum absolute atomic E-state index is 0.221. The Bertz CT molecular complexity index is 961. The van der Waals surface area contributed by atoms with Gasteiger partial charge in [0.1, 0.15) is 5.69 Å². The van der Waals surface area contributed by atoms with Gasteiger partial charge in [-0.25, -0.2) is 10.4 Å². The number of fused-ring (bicyclic) bond motifs is 1. The van der Waals surface area contributed by atoms with Crippen molar-refractivity contribution in [2.24, 2.45) is 11.0 Å². The van der Waals surface area contributed by atoms with E-state index in [4.69, 9.17) is 4.42 Å². The molecule has 2 heterocycles. The molecule has 0 radical (unpaired) electrons. The summed E-state index contributed by atoms with van der Waals surface area (Å²) in [7, 11) is 0. The first-order valence-electron chi connectivity index (χ1n) is 9.03. The Labute approximate surface area is 152 Å². The van der Waals surface area contributed by atoms with Crippen LogP contribution in [0.1, 0.15) is 43.0 Å². The molecule has 0 aliphatic heterocycles. The number of pyridine rings is 1. The number of benzene rings is 1. The quantitative estimate of drug-likeness (QED) is 0.693. The van der Waals surface area contributed by atoms with E-state index in [0.717, 1.165) is 35.9 Å². The highest BCUT2D eigenvalue weighted by Crippen LogP contribution is 2.25. The van der Waals surface area contributed by atoms with Gasteiger partial charge in [0.05, 0.1) is 17.3 Å². The summed E-state index contributed by atoms with van der Waals surface area (Å²) >= 11 is 0. The van der Waals surface area contributed by atoms with Crippen LogP contribution in [0, 0.1) is 5.92 Å². The van der Waals surface area contributed by atoms with Crippen molar-refractivity contribution in [3.05, 3.63) is 54.3 Å². The third-order valence-electron chi connectivity index (χ3n) is 4.92. The number of nitrogens with zero attached hydrogens (tertiary/aromatic N) is 2. The summed E-state index contributed by atoms with van der Waals surface area (Å²) in [5.74, 6) is 0.843. The molecular weight excluding hydrogens is 326 g/mol. The summed E-state index contributed by atoms with van der Waals surface area (Å²) < 4.78 is 5.45. The number of hydrazone groups is 1. The summed E-state index contributed by atoms with van der Waals surface area (Å²) in [6.45, 7) is 2.17. The molecule has 0 saturated heterocycles. The Morgan fingerprint density at radius 2 is 2.12 bits per heavy atom. The highest BCUT2D eigenvalue weighted by atomic mass is 16.3. The Morgan fingerprint density at radius 1 is 1.23 bits per heavy atom. The Hall–Kier alpha value is -2.95. The first-order valence-corrected chi connectivity index (χ1v) is 9.03. The molecule has 0 spiro atoms. The average Bonchev–Trinajstić information content (AvgIpc) is 3.21. The van der Waals surface area contributed by atoms with E-state index < -0.39 is 0 Å². The molecule has 1 saturated carbocycles. The zero-order valence-electron chi connectivity index (χ0n) is 14.7. The van der Waals surface area contributed by atoms with Gasteiger partial charge in [0.15, 0.2) is 5.76 Å². The number of aromatic nitrogens is 1. The third-order valence-corrected chi connectivity index (χ3v) is 4.92.